The fraction of sp³-hybridized carbons (Fsp3) is 0.105. The topological polar surface area (TPSA) is 83.9 Å². The molecule has 29 heavy (non-hydrogen) atoms. The monoisotopic (exact) mass is 559 g/mol. The molecule has 1 aliphatic rings. The van der Waals surface area contributed by atoms with Crippen LogP contribution in [0.3, 0.4) is 0 Å². The zero-order valence-corrected chi connectivity index (χ0v) is 19.3. The molecule has 10 heteroatoms. The molecule has 0 saturated carbocycles. The van der Waals surface area contributed by atoms with Crippen LogP contribution in [0, 0.1) is 0 Å². The van der Waals surface area contributed by atoms with E-state index in [2.05, 4.69) is 31.9 Å². The molecule has 0 aliphatic carbocycles. The van der Waals surface area contributed by atoms with Gasteiger partial charge < -0.3 is 9.84 Å². The number of halogens is 3. The Morgan fingerprint density at radius 1 is 1.21 bits per heavy atom. The van der Waals surface area contributed by atoms with E-state index < -0.39 is 18.5 Å². The molecule has 0 atom stereocenters. The van der Waals surface area contributed by atoms with Crippen LogP contribution in [0.1, 0.15) is 11.1 Å². The summed E-state index contributed by atoms with van der Waals surface area (Å²) in [5.74, 6) is -1.15. The van der Waals surface area contributed by atoms with Crippen LogP contribution in [0.15, 0.2) is 50.2 Å². The third-order valence-corrected chi connectivity index (χ3v) is 6.08. The molecular weight excluding hydrogens is 550 g/mol. The Bertz CT molecular complexity index is 1020. The van der Waals surface area contributed by atoms with Gasteiger partial charge >= 0.3 is 5.97 Å². The van der Waals surface area contributed by atoms with Crippen molar-refractivity contribution in [1.29, 1.82) is 0 Å². The van der Waals surface area contributed by atoms with Gasteiger partial charge in [0.2, 0.25) is 0 Å². The summed E-state index contributed by atoms with van der Waals surface area (Å²) in [6, 6.07) is 10.3. The Balaban J connectivity index is 1.81. The van der Waals surface area contributed by atoms with Crippen LogP contribution >= 0.6 is 55.2 Å². The number of carboxylic acids is 1. The molecule has 1 saturated heterocycles. The predicted octanol–water partition coefficient (Wildman–Crippen LogP) is 5.56. The van der Waals surface area contributed by atoms with Gasteiger partial charge in [0.1, 0.15) is 5.75 Å². The fourth-order valence-electron chi connectivity index (χ4n) is 2.54. The maximum absolute atomic E-state index is 12.7. The van der Waals surface area contributed by atoms with E-state index in [1.807, 2.05) is 0 Å². The number of carbonyl (C=O) groups is 3. The number of carbonyl (C=O) groups excluding carboxylic acids is 2. The largest absolute Gasteiger partial charge is 0.480 e. The van der Waals surface area contributed by atoms with Crippen LogP contribution < -0.4 is 4.74 Å². The number of benzene rings is 2. The molecule has 3 rings (SSSR count). The van der Waals surface area contributed by atoms with Crippen molar-refractivity contribution in [3.63, 3.8) is 0 Å². The van der Waals surface area contributed by atoms with Crippen LogP contribution in [-0.2, 0) is 16.1 Å². The summed E-state index contributed by atoms with van der Waals surface area (Å²) in [4.78, 5) is 37.1. The van der Waals surface area contributed by atoms with Crippen LogP contribution in [0.5, 0.6) is 5.75 Å². The lowest BCUT2D eigenvalue weighted by Gasteiger charge is -2.12. The van der Waals surface area contributed by atoms with Gasteiger partial charge in [0, 0.05) is 5.02 Å². The molecule has 0 aromatic heterocycles. The maximum Gasteiger partial charge on any atom is 0.341 e. The molecule has 1 N–H and O–H groups in total. The Kier molecular flexibility index (Phi) is 7.05. The van der Waals surface area contributed by atoms with Crippen molar-refractivity contribution in [2.75, 3.05) is 6.61 Å². The fourth-order valence-corrected chi connectivity index (χ4v) is 5.04. The summed E-state index contributed by atoms with van der Waals surface area (Å²) in [5, 5.41) is 8.92. The molecule has 6 nitrogen and oxygen atoms in total. The van der Waals surface area contributed by atoms with E-state index in [1.165, 1.54) is 0 Å². The van der Waals surface area contributed by atoms with Gasteiger partial charge in [-0.25, -0.2) is 4.79 Å². The number of nitrogens with zero attached hydrogens (tertiary/aromatic N) is 1. The number of thioether (sulfide) groups is 1. The highest BCUT2D eigenvalue weighted by molar-refractivity contribution is 9.11. The molecular formula is C19H12Br2ClNO5S. The van der Waals surface area contributed by atoms with Crippen molar-refractivity contribution in [2.24, 2.45) is 0 Å². The van der Waals surface area contributed by atoms with E-state index in [0.29, 0.717) is 25.3 Å². The summed E-state index contributed by atoms with van der Waals surface area (Å²) in [5.41, 5.74) is 1.39. The molecule has 1 aliphatic heterocycles. The first-order chi connectivity index (χ1) is 13.7. The van der Waals surface area contributed by atoms with Gasteiger partial charge in [-0.05, 0) is 85.1 Å². The first-order valence-corrected chi connectivity index (χ1v) is 10.9. The van der Waals surface area contributed by atoms with Crippen molar-refractivity contribution >= 4 is 78.4 Å². The molecule has 1 fully saturated rings. The van der Waals surface area contributed by atoms with Crippen LogP contribution in [0.2, 0.25) is 5.02 Å². The van der Waals surface area contributed by atoms with E-state index in [9.17, 15) is 14.4 Å². The third-order valence-electron chi connectivity index (χ3n) is 3.76. The van der Waals surface area contributed by atoms with Gasteiger partial charge in [0.15, 0.2) is 6.61 Å². The van der Waals surface area contributed by atoms with Crippen molar-refractivity contribution in [1.82, 2.24) is 4.90 Å². The van der Waals surface area contributed by atoms with E-state index in [0.717, 1.165) is 22.2 Å². The van der Waals surface area contributed by atoms with Crippen molar-refractivity contribution in [3.05, 3.63) is 66.4 Å². The highest BCUT2D eigenvalue weighted by atomic mass is 79.9. The average molecular weight is 562 g/mol. The number of carboxylic acid groups (broad SMARTS) is 1. The van der Waals surface area contributed by atoms with Crippen molar-refractivity contribution < 1.29 is 24.2 Å². The second kappa shape index (κ2) is 9.34. The second-order valence-electron chi connectivity index (χ2n) is 5.89. The SMILES string of the molecule is O=C(O)COc1c(Br)cc(/C=C2\SC(=O)N(Cc3cccc(Cl)c3)C2=O)cc1Br. The molecule has 2 aromatic rings. The number of hydrogen-bond acceptors (Lipinski definition) is 5. The Morgan fingerprint density at radius 3 is 2.52 bits per heavy atom. The van der Waals surface area contributed by atoms with Gasteiger partial charge in [-0.15, -0.1) is 0 Å². The van der Waals surface area contributed by atoms with E-state index in [4.69, 9.17) is 21.4 Å². The maximum atomic E-state index is 12.7. The number of ether oxygens (including phenoxy) is 1. The van der Waals surface area contributed by atoms with E-state index >= 15 is 0 Å². The number of hydrogen-bond donors (Lipinski definition) is 1. The van der Waals surface area contributed by atoms with Gasteiger partial charge in [-0.2, -0.15) is 0 Å². The minimum absolute atomic E-state index is 0.137. The lowest BCUT2D eigenvalue weighted by Crippen LogP contribution is -2.27. The second-order valence-corrected chi connectivity index (χ2v) is 9.03. The highest BCUT2D eigenvalue weighted by Crippen LogP contribution is 2.38. The number of aliphatic carboxylic acids is 1. The lowest BCUT2D eigenvalue weighted by atomic mass is 10.2. The minimum Gasteiger partial charge on any atom is -0.480 e. The van der Waals surface area contributed by atoms with Crippen LogP contribution in [0.4, 0.5) is 4.79 Å². The predicted molar refractivity (Wildman–Crippen MR) is 118 cm³/mol. The Hall–Kier alpha value is -1.81. The van der Waals surface area contributed by atoms with Gasteiger partial charge in [-0.3, -0.25) is 14.5 Å². The molecule has 1 heterocycles. The summed E-state index contributed by atoms with van der Waals surface area (Å²) < 4.78 is 6.25. The summed E-state index contributed by atoms with van der Waals surface area (Å²) >= 11 is 13.5. The quantitative estimate of drug-likeness (QED) is 0.465. The molecule has 0 spiro atoms. The molecule has 150 valence electrons. The smallest absolute Gasteiger partial charge is 0.341 e. The summed E-state index contributed by atoms with van der Waals surface area (Å²) in [6.45, 7) is -0.350. The average Bonchev–Trinajstić information content (AvgIpc) is 2.88. The highest BCUT2D eigenvalue weighted by Gasteiger charge is 2.35. The first kappa shape index (κ1) is 21.9. The van der Waals surface area contributed by atoms with Crippen LogP contribution in [0.25, 0.3) is 6.08 Å². The number of amides is 2. The van der Waals surface area contributed by atoms with Gasteiger partial charge in [0.05, 0.1) is 20.4 Å². The minimum atomic E-state index is -1.10. The summed E-state index contributed by atoms with van der Waals surface area (Å²) in [6.07, 6.45) is 1.60. The van der Waals surface area contributed by atoms with E-state index in [-0.39, 0.29) is 16.7 Å². The first-order valence-electron chi connectivity index (χ1n) is 8.08. The van der Waals surface area contributed by atoms with E-state index in [1.54, 1.807) is 42.5 Å². The number of imide groups is 1. The number of rotatable bonds is 6. The van der Waals surface area contributed by atoms with Crippen LogP contribution in [-0.4, -0.2) is 33.7 Å². The lowest BCUT2D eigenvalue weighted by molar-refractivity contribution is -0.139. The molecule has 0 radical (unpaired) electrons. The van der Waals surface area contributed by atoms with Gasteiger partial charge in [0.25, 0.3) is 11.1 Å². The molecule has 2 aromatic carbocycles. The standard InChI is InChI=1S/C19H12Br2ClNO5S/c20-13-5-11(6-14(21)17(13)28-9-16(24)25)7-15-18(26)23(19(27)29-15)8-10-2-1-3-12(22)4-10/h1-7H,8-9H2,(H,24,25)/b15-7-. The molecule has 0 unspecified atom stereocenters. The van der Waals surface area contributed by atoms with Crippen molar-refractivity contribution in [2.45, 2.75) is 6.54 Å². The normalized spacial score (nSPS) is 15.3. The molecule has 0 bridgehead atoms. The Labute approximate surface area is 192 Å². The van der Waals surface area contributed by atoms with Crippen molar-refractivity contribution in [3.8, 4) is 5.75 Å². The third kappa shape index (κ3) is 5.42. The summed E-state index contributed by atoms with van der Waals surface area (Å²) in [7, 11) is 0. The Morgan fingerprint density at radius 2 is 1.90 bits per heavy atom. The zero-order valence-electron chi connectivity index (χ0n) is 14.5. The molecule has 2 amide bonds. The zero-order chi connectivity index (χ0) is 21.1. The van der Waals surface area contributed by atoms with Gasteiger partial charge in [-0.1, -0.05) is 23.7 Å².